The standard InChI is InChI=1S/C16H21NO.C6H14.C2H6/c1-11(2)9-15-7-8-16(18-15)14-6-4-5-13(10-14)12(3)17;1-3-5-6-4-2;1-2/h4-8,10-12H,9,17H2,1-3H3;3-6H2,1-2H3;1-2H3. The van der Waals surface area contributed by atoms with Gasteiger partial charge in [0.25, 0.3) is 0 Å². The van der Waals surface area contributed by atoms with Crippen LogP contribution < -0.4 is 5.73 Å². The maximum atomic E-state index is 5.90. The molecule has 1 unspecified atom stereocenters. The molecule has 0 amide bonds. The quantitative estimate of drug-likeness (QED) is 0.513. The summed E-state index contributed by atoms with van der Waals surface area (Å²) < 4.78 is 5.87. The lowest BCUT2D eigenvalue weighted by molar-refractivity contribution is 0.482. The van der Waals surface area contributed by atoms with Gasteiger partial charge < -0.3 is 10.2 Å². The van der Waals surface area contributed by atoms with Crippen molar-refractivity contribution in [2.45, 2.75) is 86.6 Å². The van der Waals surface area contributed by atoms with Crippen LogP contribution in [0.1, 0.15) is 91.5 Å². The summed E-state index contributed by atoms with van der Waals surface area (Å²) in [6.07, 6.45) is 6.52. The molecule has 0 radical (unpaired) electrons. The molecule has 0 aliphatic heterocycles. The molecular formula is C24H41NO. The van der Waals surface area contributed by atoms with Gasteiger partial charge in [-0.3, -0.25) is 0 Å². The van der Waals surface area contributed by atoms with Gasteiger partial charge in [-0.25, -0.2) is 0 Å². The second-order valence-electron chi connectivity index (χ2n) is 6.99. The van der Waals surface area contributed by atoms with Crippen LogP contribution in [0.2, 0.25) is 0 Å². The average molecular weight is 360 g/mol. The SMILES string of the molecule is CC.CC(C)Cc1ccc(-c2cccc(C(C)N)c2)o1.CCCCCC. The lowest BCUT2D eigenvalue weighted by Gasteiger charge is -2.06. The molecular weight excluding hydrogens is 318 g/mol. The summed E-state index contributed by atoms with van der Waals surface area (Å²) in [5, 5.41) is 0. The lowest BCUT2D eigenvalue weighted by atomic mass is 10.0. The Bertz CT molecular complexity index is 565. The topological polar surface area (TPSA) is 39.2 Å². The first kappa shape index (κ1) is 24.5. The zero-order valence-corrected chi connectivity index (χ0v) is 18.1. The Morgan fingerprint density at radius 1 is 0.923 bits per heavy atom. The minimum absolute atomic E-state index is 0.0510. The molecule has 2 rings (SSSR count). The van der Waals surface area contributed by atoms with Gasteiger partial charge in [0, 0.05) is 18.0 Å². The predicted octanol–water partition coefficient (Wildman–Crippen LogP) is 7.78. The minimum Gasteiger partial charge on any atom is -0.461 e. The molecule has 0 saturated heterocycles. The van der Waals surface area contributed by atoms with Crippen LogP contribution in [0.4, 0.5) is 0 Å². The molecule has 148 valence electrons. The van der Waals surface area contributed by atoms with Gasteiger partial charge in [0.15, 0.2) is 0 Å². The molecule has 1 aromatic heterocycles. The number of hydrogen-bond donors (Lipinski definition) is 1. The minimum atomic E-state index is 0.0510. The van der Waals surface area contributed by atoms with Gasteiger partial charge in [-0.1, -0.05) is 85.4 Å². The Kier molecular flexibility index (Phi) is 13.7. The summed E-state index contributed by atoms with van der Waals surface area (Å²) in [6.45, 7) is 14.8. The largest absolute Gasteiger partial charge is 0.461 e. The Morgan fingerprint density at radius 2 is 1.54 bits per heavy atom. The van der Waals surface area contributed by atoms with E-state index in [-0.39, 0.29) is 6.04 Å². The number of nitrogens with two attached hydrogens (primary N) is 1. The molecule has 0 aliphatic rings. The van der Waals surface area contributed by atoms with Crippen LogP contribution in [0.5, 0.6) is 0 Å². The molecule has 0 fully saturated rings. The average Bonchev–Trinajstić information content (AvgIpc) is 3.10. The molecule has 0 aliphatic carbocycles. The van der Waals surface area contributed by atoms with E-state index in [0.717, 1.165) is 29.1 Å². The van der Waals surface area contributed by atoms with Crippen molar-refractivity contribution in [3.8, 4) is 11.3 Å². The van der Waals surface area contributed by atoms with Gasteiger partial charge in [-0.2, -0.15) is 0 Å². The van der Waals surface area contributed by atoms with Crippen molar-refractivity contribution in [3.63, 3.8) is 0 Å². The zero-order valence-electron chi connectivity index (χ0n) is 18.1. The number of benzene rings is 1. The highest BCUT2D eigenvalue weighted by molar-refractivity contribution is 5.58. The third-order valence-corrected chi connectivity index (χ3v) is 3.93. The Labute approximate surface area is 162 Å². The highest BCUT2D eigenvalue weighted by atomic mass is 16.3. The molecule has 2 aromatic rings. The highest BCUT2D eigenvalue weighted by Crippen LogP contribution is 2.25. The van der Waals surface area contributed by atoms with Crippen LogP contribution in [0, 0.1) is 5.92 Å². The molecule has 2 nitrogen and oxygen atoms in total. The van der Waals surface area contributed by atoms with Crippen LogP contribution in [0.25, 0.3) is 11.3 Å². The normalized spacial score (nSPS) is 11.3. The number of unbranched alkanes of at least 4 members (excludes halogenated alkanes) is 3. The summed E-state index contributed by atoms with van der Waals surface area (Å²) in [5.41, 5.74) is 8.13. The van der Waals surface area contributed by atoms with Crippen LogP contribution >= 0.6 is 0 Å². The van der Waals surface area contributed by atoms with Gasteiger partial charge in [0.2, 0.25) is 0 Å². The monoisotopic (exact) mass is 359 g/mol. The Balaban J connectivity index is 0.000000667. The molecule has 1 heterocycles. The maximum absolute atomic E-state index is 5.90. The third-order valence-electron chi connectivity index (χ3n) is 3.93. The molecule has 0 spiro atoms. The van der Waals surface area contributed by atoms with Crippen molar-refractivity contribution >= 4 is 0 Å². The van der Waals surface area contributed by atoms with E-state index in [1.165, 1.54) is 25.7 Å². The smallest absolute Gasteiger partial charge is 0.134 e. The molecule has 1 atom stereocenters. The Morgan fingerprint density at radius 3 is 2.04 bits per heavy atom. The first-order valence-corrected chi connectivity index (χ1v) is 10.4. The van der Waals surface area contributed by atoms with Crippen molar-refractivity contribution < 1.29 is 4.42 Å². The predicted molar refractivity (Wildman–Crippen MR) is 116 cm³/mol. The maximum Gasteiger partial charge on any atom is 0.134 e. The summed E-state index contributed by atoms with van der Waals surface area (Å²) in [7, 11) is 0. The summed E-state index contributed by atoms with van der Waals surface area (Å²) >= 11 is 0. The molecule has 1 aromatic carbocycles. The first-order chi connectivity index (χ1) is 12.5. The number of hydrogen-bond acceptors (Lipinski definition) is 2. The fourth-order valence-electron chi connectivity index (χ4n) is 2.52. The van der Waals surface area contributed by atoms with E-state index in [1.54, 1.807) is 0 Å². The lowest BCUT2D eigenvalue weighted by Crippen LogP contribution is -2.04. The third kappa shape index (κ3) is 9.82. The first-order valence-electron chi connectivity index (χ1n) is 10.4. The van der Waals surface area contributed by atoms with Crippen LogP contribution in [-0.2, 0) is 6.42 Å². The van der Waals surface area contributed by atoms with Gasteiger partial charge >= 0.3 is 0 Å². The van der Waals surface area contributed by atoms with Gasteiger partial charge in [-0.05, 0) is 36.6 Å². The van der Waals surface area contributed by atoms with E-state index in [2.05, 4.69) is 45.9 Å². The second-order valence-corrected chi connectivity index (χ2v) is 6.99. The molecule has 0 saturated carbocycles. The fraction of sp³-hybridized carbons (Fsp3) is 0.583. The number of furan rings is 1. The summed E-state index contributed by atoms with van der Waals surface area (Å²) in [6, 6.07) is 12.4. The van der Waals surface area contributed by atoms with Crippen LogP contribution in [-0.4, -0.2) is 0 Å². The van der Waals surface area contributed by atoms with Crippen LogP contribution in [0.15, 0.2) is 40.8 Å². The molecule has 2 N–H and O–H groups in total. The Hall–Kier alpha value is -1.54. The van der Waals surface area contributed by atoms with Gasteiger partial charge in [0.1, 0.15) is 11.5 Å². The summed E-state index contributed by atoms with van der Waals surface area (Å²) in [5.74, 6) is 2.58. The molecule has 2 heteroatoms. The second kappa shape index (κ2) is 14.6. The van der Waals surface area contributed by atoms with Crippen molar-refractivity contribution in [2.75, 3.05) is 0 Å². The van der Waals surface area contributed by atoms with Gasteiger partial charge in [-0.15, -0.1) is 0 Å². The zero-order chi connectivity index (χ0) is 19.9. The van der Waals surface area contributed by atoms with Crippen molar-refractivity contribution in [2.24, 2.45) is 11.7 Å². The van der Waals surface area contributed by atoms with E-state index in [9.17, 15) is 0 Å². The van der Waals surface area contributed by atoms with E-state index in [0.29, 0.717) is 5.92 Å². The molecule has 0 bridgehead atoms. The van der Waals surface area contributed by atoms with Crippen LogP contribution in [0.3, 0.4) is 0 Å². The van der Waals surface area contributed by atoms with Crippen molar-refractivity contribution in [1.82, 2.24) is 0 Å². The molecule has 26 heavy (non-hydrogen) atoms. The van der Waals surface area contributed by atoms with Crippen molar-refractivity contribution in [1.29, 1.82) is 0 Å². The fourth-order valence-corrected chi connectivity index (χ4v) is 2.52. The van der Waals surface area contributed by atoms with Gasteiger partial charge in [0.05, 0.1) is 0 Å². The highest BCUT2D eigenvalue weighted by Gasteiger charge is 2.08. The number of rotatable bonds is 7. The summed E-state index contributed by atoms with van der Waals surface area (Å²) in [4.78, 5) is 0. The van der Waals surface area contributed by atoms with E-state index < -0.39 is 0 Å². The van der Waals surface area contributed by atoms with Crippen molar-refractivity contribution in [3.05, 3.63) is 47.7 Å². The van der Waals surface area contributed by atoms with E-state index in [1.807, 2.05) is 39.0 Å². The van der Waals surface area contributed by atoms with E-state index in [4.69, 9.17) is 10.2 Å². The van der Waals surface area contributed by atoms with E-state index >= 15 is 0 Å².